The second-order valence-electron chi connectivity index (χ2n) is 4.60. The van der Waals surface area contributed by atoms with E-state index < -0.39 is 11.6 Å². The first kappa shape index (κ1) is 16.8. The Morgan fingerprint density at radius 1 is 1.40 bits per heavy atom. The van der Waals surface area contributed by atoms with Crippen molar-refractivity contribution in [3.8, 4) is 0 Å². The molecule has 0 amide bonds. The quantitative estimate of drug-likeness (QED) is 0.786. The topological polar surface area (TPSA) is 38.5 Å². The van der Waals surface area contributed by atoms with Crippen molar-refractivity contribution in [1.82, 2.24) is 0 Å². The third-order valence-corrected chi connectivity index (χ3v) is 3.48. The first-order valence-corrected chi connectivity index (χ1v) is 6.87. The summed E-state index contributed by atoms with van der Waals surface area (Å²) in [5.74, 6) is -1.33. The summed E-state index contributed by atoms with van der Waals surface area (Å²) in [4.78, 5) is 1.64. The zero-order chi connectivity index (χ0) is 15.3. The second kappa shape index (κ2) is 7.50. The molecule has 0 fully saturated rings. The number of nitrogens with two attached hydrogens (primary N) is 1. The van der Waals surface area contributed by atoms with Crippen LogP contribution in [0, 0.1) is 11.6 Å². The predicted octanol–water partition coefficient (Wildman–Crippen LogP) is 2.85. The van der Waals surface area contributed by atoms with Gasteiger partial charge in [-0.25, -0.2) is 8.78 Å². The Kier molecular flexibility index (Phi) is 6.29. The Morgan fingerprint density at radius 2 is 1.95 bits per heavy atom. The van der Waals surface area contributed by atoms with Crippen LogP contribution in [0.25, 0.3) is 0 Å². The number of rotatable bonds is 7. The maximum absolute atomic E-state index is 14.2. The minimum Gasteiger partial charge on any atom is -0.389 e. The Labute approximate surface area is 123 Å². The van der Waals surface area contributed by atoms with E-state index in [0.29, 0.717) is 13.2 Å². The summed E-state index contributed by atoms with van der Waals surface area (Å²) in [5.41, 5.74) is 5.54. The normalized spacial score (nSPS) is 12.2. The van der Waals surface area contributed by atoms with Crippen molar-refractivity contribution >= 4 is 22.9 Å². The van der Waals surface area contributed by atoms with Gasteiger partial charge in [0.15, 0.2) is 0 Å². The molecule has 0 saturated heterocycles. The van der Waals surface area contributed by atoms with Crippen molar-refractivity contribution in [3.63, 3.8) is 0 Å². The van der Waals surface area contributed by atoms with Gasteiger partial charge in [0.2, 0.25) is 0 Å². The van der Waals surface area contributed by atoms with Crippen molar-refractivity contribution in [2.45, 2.75) is 26.3 Å². The first-order chi connectivity index (χ1) is 9.42. The molecule has 0 aliphatic carbocycles. The molecule has 3 nitrogen and oxygen atoms in total. The van der Waals surface area contributed by atoms with Gasteiger partial charge in [-0.05, 0) is 25.5 Å². The van der Waals surface area contributed by atoms with E-state index in [1.807, 2.05) is 13.8 Å². The van der Waals surface area contributed by atoms with Crippen LogP contribution in [0.2, 0.25) is 0 Å². The van der Waals surface area contributed by atoms with Gasteiger partial charge in [0.05, 0.1) is 6.61 Å². The van der Waals surface area contributed by atoms with E-state index in [1.54, 1.807) is 12.0 Å². The van der Waals surface area contributed by atoms with E-state index in [4.69, 9.17) is 22.7 Å². The van der Waals surface area contributed by atoms with Gasteiger partial charge in [-0.3, -0.25) is 0 Å². The summed E-state index contributed by atoms with van der Waals surface area (Å²) >= 11 is 4.75. The maximum atomic E-state index is 14.2. The fourth-order valence-corrected chi connectivity index (χ4v) is 2.06. The van der Waals surface area contributed by atoms with E-state index >= 15 is 0 Å². The van der Waals surface area contributed by atoms with Gasteiger partial charge in [-0.1, -0.05) is 19.1 Å². The lowest BCUT2D eigenvalue weighted by Gasteiger charge is -2.31. The van der Waals surface area contributed by atoms with Gasteiger partial charge in [-0.15, -0.1) is 0 Å². The molecule has 112 valence electrons. The molecule has 6 heteroatoms. The summed E-state index contributed by atoms with van der Waals surface area (Å²) in [6.45, 7) is 4.67. The van der Waals surface area contributed by atoms with Crippen LogP contribution in [-0.2, 0) is 4.74 Å². The number of ether oxygens (including phenoxy) is 1. The average Bonchev–Trinajstić information content (AvgIpc) is 2.40. The van der Waals surface area contributed by atoms with Crippen molar-refractivity contribution < 1.29 is 13.5 Å². The van der Waals surface area contributed by atoms with Crippen LogP contribution >= 0.6 is 12.2 Å². The monoisotopic (exact) mass is 302 g/mol. The highest BCUT2D eigenvalue weighted by atomic mass is 32.1. The zero-order valence-electron chi connectivity index (χ0n) is 12.0. The van der Waals surface area contributed by atoms with E-state index in [1.165, 1.54) is 12.1 Å². The van der Waals surface area contributed by atoms with E-state index in [-0.39, 0.29) is 22.3 Å². The minimum absolute atomic E-state index is 0.00942. The van der Waals surface area contributed by atoms with E-state index in [9.17, 15) is 8.78 Å². The molecule has 0 saturated carbocycles. The molecular weight excluding hydrogens is 282 g/mol. The fourth-order valence-electron chi connectivity index (χ4n) is 1.94. The molecule has 20 heavy (non-hydrogen) atoms. The Morgan fingerprint density at radius 3 is 2.35 bits per heavy atom. The lowest BCUT2D eigenvalue weighted by atomic mass is 10.1. The van der Waals surface area contributed by atoms with Crippen LogP contribution in [-0.4, -0.2) is 31.3 Å². The summed E-state index contributed by atoms with van der Waals surface area (Å²) < 4.78 is 33.4. The molecule has 0 aliphatic rings. The third-order valence-electron chi connectivity index (χ3n) is 3.25. The summed E-state index contributed by atoms with van der Waals surface area (Å²) in [7, 11) is 1.55. The standard InChI is InChI=1S/C14H20F2N2OS/c1-4-9(2)18(5-6-19-3)13-11(15)7-10(14(17)20)8-12(13)16/h7-9H,4-6H2,1-3H3,(H2,17,20). The van der Waals surface area contributed by atoms with Gasteiger partial charge in [0.25, 0.3) is 0 Å². The zero-order valence-corrected chi connectivity index (χ0v) is 12.8. The Bertz CT molecular complexity index is 459. The number of halogens is 2. The second-order valence-corrected chi connectivity index (χ2v) is 5.04. The molecule has 0 bridgehead atoms. The molecule has 0 spiro atoms. The lowest BCUT2D eigenvalue weighted by Crippen LogP contribution is -2.37. The number of nitrogens with zero attached hydrogens (tertiary/aromatic N) is 1. The largest absolute Gasteiger partial charge is 0.389 e. The Hall–Kier alpha value is -1.27. The molecule has 0 aliphatic heterocycles. The highest BCUT2D eigenvalue weighted by molar-refractivity contribution is 7.80. The molecule has 0 radical (unpaired) electrons. The summed E-state index contributed by atoms with van der Waals surface area (Å²) in [5, 5.41) is 0. The SMILES string of the molecule is CCC(C)N(CCOC)c1c(F)cc(C(N)=S)cc1F. The van der Waals surface area contributed by atoms with Crippen LogP contribution in [0.3, 0.4) is 0 Å². The number of hydrogen-bond acceptors (Lipinski definition) is 3. The van der Waals surface area contributed by atoms with Crippen LogP contribution in [0.1, 0.15) is 25.8 Å². The number of benzene rings is 1. The lowest BCUT2D eigenvalue weighted by molar-refractivity contribution is 0.203. The summed E-state index contributed by atoms with van der Waals surface area (Å²) in [6, 6.07) is 2.33. The maximum Gasteiger partial charge on any atom is 0.150 e. The number of hydrogen-bond donors (Lipinski definition) is 1. The molecule has 1 aromatic carbocycles. The number of thiocarbonyl (C=S) groups is 1. The van der Waals surface area contributed by atoms with Gasteiger partial charge in [-0.2, -0.15) is 0 Å². The molecule has 1 aromatic rings. The number of methoxy groups -OCH3 is 1. The van der Waals surface area contributed by atoms with Gasteiger partial charge < -0.3 is 15.4 Å². The molecular formula is C14H20F2N2OS. The van der Waals surface area contributed by atoms with Crippen LogP contribution in [0.5, 0.6) is 0 Å². The number of anilines is 1. The molecule has 0 aromatic heterocycles. The smallest absolute Gasteiger partial charge is 0.150 e. The van der Waals surface area contributed by atoms with Gasteiger partial charge >= 0.3 is 0 Å². The van der Waals surface area contributed by atoms with Crippen molar-refractivity contribution in [3.05, 3.63) is 29.3 Å². The molecule has 2 N–H and O–H groups in total. The fraction of sp³-hybridized carbons (Fsp3) is 0.500. The minimum atomic E-state index is -0.663. The first-order valence-electron chi connectivity index (χ1n) is 6.46. The highest BCUT2D eigenvalue weighted by Gasteiger charge is 2.22. The molecule has 0 heterocycles. The highest BCUT2D eigenvalue weighted by Crippen LogP contribution is 2.27. The Balaban J connectivity index is 3.22. The van der Waals surface area contributed by atoms with Crippen LogP contribution in [0.15, 0.2) is 12.1 Å². The van der Waals surface area contributed by atoms with Crippen molar-refractivity contribution in [1.29, 1.82) is 0 Å². The predicted molar refractivity (Wildman–Crippen MR) is 81.2 cm³/mol. The van der Waals surface area contributed by atoms with E-state index in [0.717, 1.165) is 6.42 Å². The molecule has 1 atom stereocenters. The summed E-state index contributed by atoms with van der Waals surface area (Å²) in [6.07, 6.45) is 0.764. The van der Waals surface area contributed by atoms with Gasteiger partial charge in [0.1, 0.15) is 22.3 Å². The van der Waals surface area contributed by atoms with E-state index in [2.05, 4.69) is 0 Å². The van der Waals surface area contributed by atoms with Crippen molar-refractivity contribution in [2.24, 2.45) is 5.73 Å². The molecule has 1 rings (SSSR count). The molecule has 1 unspecified atom stereocenters. The van der Waals surface area contributed by atoms with Crippen LogP contribution in [0.4, 0.5) is 14.5 Å². The van der Waals surface area contributed by atoms with Crippen LogP contribution < -0.4 is 10.6 Å². The third kappa shape index (κ3) is 3.86. The van der Waals surface area contributed by atoms with Gasteiger partial charge in [0, 0.05) is 25.3 Å². The average molecular weight is 302 g/mol. The van der Waals surface area contributed by atoms with Crippen molar-refractivity contribution in [2.75, 3.05) is 25.2 Å².